The summed E-state index contributed by atoms with van der Waals surface area (Å²) in [4.78, 5) is 25.1. The largest absolute Gasteiger partial charge is 0.487 e. The van der Waals surface area contributed by atoms with Crippen molar-refractivity contribution < 1.29 is 19.1 Å². The van der Waals surface area contributed by atoms with E-state index in [1.807, 2.05) is 12.1 Å². The van der Waals surface area contributed by atoms with Gasteiger partial charge in [0.15, 0.2) is 0 Å². The number of hydrogen-bond donors (Lipinski definition) is 2. The molecule has 1 aliphatic carbocycles. The van der Waals surface area contributed by atoms with Crippen molar-refractivity contribution in [2.24, 2.45) is 0 Å². The maximum absolute atomic E-state index is 13.0. The van der Waals surface area contributed by atoms with Gasteiger partial charge in [0.1, 0.15) is 11.4 Å². The number of benzene rings is 2. The molecule has 0 saturated heterocycles. The number of amides is 2. The SMILES string of the molecule is CCOC(=O)n1ncc2c(NC(=O)NC3CC4(CCC4)Oc4cc(Cl)ccc43)cccc21. The van der Waals surface area contributed by atoms with E-state index in [-0.39, 0.29) is 24.3 Å². The molecular formula is C23H23ClN4O4. The molecule has 2 amide bonds. The lowest BCUT2D eigenvalue weighted by Gasteiger charge is -2.48. The van der Waals surface area contributed by atoms with E-state index in [1.165, 1.54) is 10.9 Å². The predicted octanol–water partition coefficient (Wildman–Crippen LogP) is 5.26. The van der Waals surface area contributed by atoms with Crippen molar-refractivity contribution in [1.82, 2.24) is 15.1 Å². The Morgan fingerprint density at radius 3 is 2.91 bits per heavy atom. The van der Waals surface area contributed by atoms with E-state index >= 15 is 0 Å². The number of ether oxygens (including phenoxy) is 2. The number of nitrogens with zero attached hydrogens (tertiary/aromatic N) is 2. The van der Waals surface area contributed by atoms with Crippen LogP contribution < -0.4 is 15.4 Å². The Hall–Kier alpha value is -3.26. The van der Waals surface area contributed by atoms with Crippen LogP contribution in [0.2, 0.25) is 5.02 Å². The van der Waals surface area contributed by atoms with Gasteiger partial charge >= 0.3 is 12.1 Å². The van der Waals surface area contributed by atoms with Crippen LogP contribution in [-0.2, 0) is 4.74 Å². The average molecular weight is 455 g/mol. The Morgan fingerprint density at radius 2 is 2.16 bits per heavy atom. The molecule has 166 valence electrons. The van der Waals surface area contributed by atoms with E-state index in [1.54, 1.807) is 31.2 Å². The third kappa shape index (κ3) is 3.64. The van der Waals surface area contributed by atoms with Gasteiger partial charge in [-0.2, -0.15) is 9.78 Å². The van der Waals surface area contributed by atoms with Gasteiger partial charge < -0.3 is 20.1 Å². The molecule has 1 aromatic heterocycles. The fraction of sp³-hybridized carbons (Fsp3) is 0.348. The minimum Gasteiger partial charge on any atom is -0.487 e. The highest BCUT2D eigenvalue weighted by Gasteiger charge is 2.46. The van der Waals surface area contributed by atoms with Crippen LogP contribution in [0.3, 0.4) is 0 Å². The van der Waals surface area contributed by atoms with Crippen molar-refractivity contribution >= 4 is 40.3 Å². The molecule has 2 heterocycles. The third-order valence-corrected chi connectivity index (χ3v) is 6.36. The summed E-state index contributed by atoms with van der Waals surface area (Å²) in [5, 5.41) is 11.4. The Balaban J connectivity index is 1.37. The summed E-state index contributed by atoms with van der Waals surface area (Å²) in [6, 6.07) is 10.3. The molecule has 1 aliphatic heterocycles. The highest BCUT2D eigenvalue weighted by molar-refractivity contribution is 6.30. The Labute approximate surface area is 189 Å². The molecule has 1 fully saturated rings. The van der Waals surface area contributed by atoms with Gasteiger partial charge in [-0.3, -0.25) is 0 Å². The zero-order valence-electron chi connectivity index (χ0n) is 17.6. The van der Waals surface area contributed by atoms with E-state index in [4.69, 9.17) is 21.1 Å². The summed E-state index contributed by atoms with van der Waals surface area (Å²) in [6.07, 6.45) is 4.72. The Kier molecular flexibility index (Phi) is 5.17. The molecule has 5 rings (SSSR count). The topological polar surface area (TPSA) is 94.5 Å². The molecule has 8 nitrogen and oxygen atoms in total. The van der Waals surface area contributed by atoms with Gasteiger partial charge in [0.2, 0.25) is 0 Å². The van der Waals surface area contributed by atoms with E-state index in [9.17, 15) is 9.59 Å². The summed E-state index contributed by atoms with van der Waals surface area (Å²) >= 11 is 6.17. The monoisotopic (exact) mass is 454 g/mol. The lowest BCUT2D eigenvalue weighted by Crippen LogP contribution is -2.50. The quantitative estimate of drug-likeness (QED) is 0.562. The number of carbonyl (C=O) groups is 2. The Bertz CT molecular complexity index is 1200. The zero-order valence-corrected chi connectivity index (χ0v) is 18.3. The molecule has 9 heteroatoms. The number of rotatable bonds is 3. The third-order valence-electron chi connectivity index (χ3n) is 6.13. The first kappa shape index (κ1) is 20.6. The summed E-state index contributed by atoms with van der Waals surface area (Å²) in [5.41, 5.74) is 1.78. The first-order valence-electron chi connectivity index (χ1n) is 10.7. The number of nitrogens with one attached hydrogen (secondary N) is 2. The van der Waals surface area contributed by atoms with Gasteiger partial charge in [0, 0.05) is 22.4 Å². The molecular weight excluding hydrogens is 432 g/mol. The average Bonchev–Trinajstić information content (AvgIpc) is 3.17. The van der Waals surface area contributed by atoms with Gasteiger partial charge in [-0.25, -0.2) is 9.59 Å². The lowest BCUT2D eigenvalue weighted by atomic mass is 9.73. The molecule has 32 heavy (non-hydrogen) atoms. The first-order chi connectivity index (χ1) is 15.5. The van der Waals surface area contributed by atoms with Crippen molar-refractivity contribution in [3.63, 3.8) is 0 Å². The Morgan fingerprint density at radius 1 is 1.31 bits per heavy atom. The summed E-state index contributed by atoms with van der Waals surface area (Å²) in [5.74, 6) is 0.728. The maximum atomic E-state index is 13.0. The van der Waals surface area contributed by atoms with Gasteiger partial charge in [0.25, 0.3) is 0 Å². The molecule has 1 atom stereocenters. The summed E-state index contributed by atoms with van der Waals surface area (Å²) < 4.78 is 12.5. The number of halogens is 1. The van der Waals surface area contributed by atoms with Crippen molar-refractivity contribution in [2.75, 3.05) is 11.9 Å². The smallest absolute Gasteiger partial charge is 0.435 e. The molecule has 1 spiro atoms. The highest BCUT2D eigenvalue weighted by atomic mass is 35.5. The van der Waals surface area contributed by atoms with E-state index < -0.39 is 6.09 Å². The number of anilines is 1. The molecule has 1 unspecified atom stereocenters. The van der Waals surface area contributed by atoms with Gasteiger partial charge in [-0.15, -0.1) is 0 Å². The number of aromatic nitrogens is 2. The highest BCUT2D eigenvalue weighted by Crippen LogP contribution is 2.49. The zero-order chi connectivity index (χ0) is 22.3. The van der Waals surface area contributed by atoms with Crippen LogP contribution in [0.25, 0.3) is 10.9 Å². The van der Waals surface area contributed by atoms with Crippen LogP contribution in [0.4, 0.5) is 15.3 Å². The first-order valence-corrected chi connectivity index (χ1v) is 11.1. The van der Waals surface area contributed by atoms with E-state index in [0.717, 1.165) is 30.6 Å². The fourth-order valence-electron chi connectivity index (χ4n) is 4.45. The van der Waals surface area contributed by atoms with Gasteiger partial charge in [0.05, 0.1) is 30.0 Å². The number of urea groups is 1. The minimum atomic E-state index is -0.563. The molecule has 0 radical (unpaired) electrons. The van der Waals surface area contributed by atoms with Crippen LogP contribution >= 0.6 is 11.6 Å². The molecule has 1 saturated carbocycles. The van der Waals surface area contributed by atoms with Gasteiger partial charge in [-0.1, -0.05) is 23.7 Å². The molecule has 2 aliphatic rings. The van der Waals surface area contributed by atoms with Gasteiger partial charge in [-0.05, 0) is 50.5 Å². The maximum Gasteiger partial charge on any atom is 0.435 e. The molecule has 2 N–H and O–H groups in total. The second-order valence-corrected chi connectivity index (χ2v) is 8.61. The standard InChI is InChI=1S/C23H23ClN4O4/c1-2-31-22(30)28-19-6-3-5-17(16(19)13-25-28)26-21(29)27-18-12-23(9-4-10-23)32-20-11-14(24)7-8-15(18)20/h3,5-8,11,13,18H,2,4,9-10,12H2,1H3,(H2,26,27,29). The van der Waals surface area contributed by atoms with Crippen LogP contribution in [0, 0.1) is 0 Å². The molecule has 0 bridgehead atoms. The van der Waals surface area contributed by atoms with Crippen molar-refractivity contribution in [2.45, 2.75) is 44.2 Å². The van der Waals surface area contributed by atoms with Crippen LogP contribution in [0.1, 0.15) is 44.2 Å². The fourth-order valence-corrected chi connectivity index (χ4v) is 4.62. The van der Waals surface area contributed by atoms with E-state index in [2.05, 4.69) is 15.7 Å². The van der Waals surface area contributed by atoms with Crippen LogP contribution in [0.15, 0.2) is 42.6 Å². The normalized spacial score (nSPS) is 18.4. The van der Waals surface area contributed by atoms with Crippen molar-refractivity contribution in [3.05, 3.63) is 53.2 Å². The minimum absolute atomic E-state index is 0.197. The number of fused-ring (bicyclic) bond motifs is 2. The number of hydrogen-bond acceptors (Lipinski definition) is 5. The number of carbonyl (C=O) groups excluding carboxylic acids is 2. The van der Waals surface area contributed by atoms with E-state index in [0.29, 0.717) is 28.0 Å². The molecule has 2 aromatic carbocycles. The van der Waals surface area contributed by atoms with Crippen molar-refractivity contribution in [3.8, 4) is 5.75 Å². The molecule has 3 aromatic rings. The predicted molar refractivity (Wildman–Crippen MR) is 120 cm³/mol. The van der Waals surface area contributed by atoms with Crippen LogP contribution in [0.5, 0.6) is 5.75 Å². The second-order valence-electron chi connectivity index (χ2n) is 8.17. The summed E-state index contributed by atoms with van der Waals surface area (Å²) in [7, 11) is 0. The van der Waals surface area contributed by atoms with Crippen LogP contribution in [-0.4, -0.2) is 34.1 Å². The second kappa shape index (κ2) is 8.02. The van der Waals surface area contributed by atoms with Crippen molar-refractivity contribution in [1.29, 1.82) is 0 Å². The lowest BCUT2D eigenvalue weighted by molar-refractivity contribution is -0.0354. The summed E-state index contributed by atoms with van der Waals surface area (Å²) in [6.45, 7) is 1.98.